The van der Waals surface area contributed by atoms with Gasteiger partial charge >= 0.3 is 5.97 Å². The molecular formula is C13H15NO3. The molecule has 1 aliphatic carbocycles. The van der Waals surface area contributed by atoms with Crippen LogP contribution < -0.4 is 10.1 Å². The van der Waals surface area contributed by atoms with Crippen LogP contribution in [0, 0.1) is 0 Å². The molecule has 1 fully saturated rings. The van der Waals surface area contributed by atoms with E-state index in [2.05, 4.69) is 11.4 Å². The number of hydrogen-bond donors (Lipinski definition) is 1. The van der Waals surface area contributed by atoms with Crippen LogP contribution in [0.4, 0.5) is 0 Å². The number of carbonyl (C=O) groups is 1. The average molecular weight is 233 g/mol. The van der Waals surface area contributed by atoms with Crippen LogP contribution in [0.5, 0.6) is 5.75 Å². The summed E-state index contributed by atoms with van der Waals surface area (Å²) in [4.78, 5) is 11.8. The van der Waals surface area contributed by atoms with Crippen LogP contribution in [-0.2, 0) is 16.1 Å². The quantitative estimate of drug-likeness (QED) is 0.780. The Morgan fingerprint density at radius 2 is 2.29 bits per heavy atom. The van der Waals surface area contributed by atoms with E-state index in [4.69, 9.17) is 9.47 Å². The third-order valence-corrected chi connectivity index (χ3v) is 3.83. The predicted molar refractivity (Wildman–Crippen MR) is 61.9 cm³/mol. The van der Waals surface area contributed by atoms with E-state index in [0.717, 1.165) is 12.2 Å². The van der Waals surface area contributed by atoms with Gasteiger partial charge in [-0.15, -0.1) is 0 Å². The molecule has 1 aliphatic heterocycles. The molecule has 0 bridgehead atoms. The second-order valence-corrected chi connectivity index (χ2v) is 4.64. The third kappa shape index (κ3) is 1.37. The van der Waals surface area contributed by atoms with Crippen molar-refractivity contribution in [3.05, 3.63) is 29.3 Å². The van der Waals surface area contributed by atoms with Crippen molar-refractivity contribution in [2.24, 2.45) is 0 Å². The van der Waals surface area contributed by atoms with Gasteiger partial charge in [-0.25, -0.2) is 0 Å². The summed E-state index contributed by atoms with van der Waals surface area (Å²) in [6.07, 6.45) is 0.832. The summed E-state index contributed by atoms with van der Waals surface area (Å²) in [5.74, 6) is 0.963. The number of esters is 1. The molecule has 0 radical (unpaired) electrons. The van der Waals surface area contributed by atoms with Crippen molar-refractivity contribution in [2.75, 3.05) is 14.2 Å². The first-order valence-electron chi connectivity index (χ1n) is 5.71. The fourth-order valence-corrected chi connectivity index (χ4v) is 2.77. The largest absolute Gasteiger partial charge is 0.497 e. The first kappa shape index (κ1) is 10.6. The molecule has 0 unspecified atom stereocenters. The van der Waals surface area contributed by atoms with Crippen molar-refractivity contribution in [1.82, 2.24) is 5.32 Å². The van der Waals surface area contributed by atoms with E-state index in [-0.39, 0.29) is 11.9 Å². The van der Waals surface area contributed by atoms with Crippen molar-refractivity contribution < 1.29 is 14.3 Å². The van der Waals surface area contributed by atoms with E-state index in [1.807, 2.05) is 12.1 Å². The smallest absolute Gasteiger partial charge is 0.326 e. The van der Waals surface area contributed by atoms with E-state index in [1.54, 1.807) is 7.11 Å². The number of carbonyl (C=O) groups excluding carboxylic acids is 1. The lowest BCUT2D eigenvalue weighted by atomic mass is 9.95. The highest BCUT2D eigenvalue weighted by molar-refractivity contribution is 5.87. The fourth-order valence-electron chi connectivity index (χ4n) is 2.77. The molecule has 1 heterocycles. The van der Waals surface area contributed by atoms with Gasteiger partial charge in [0.25, 0.3) is 0 Å². The first-order valence-corrected chi connectivity index (χ1v) is 5.71. The van der Waals surface area contributed by atoms with Crippen molar-refractivity contribution in [2.45, 2.75) is 24.4 Å². The lowest BCUT2D eigenvalue weighted by Crippen LogP contribution is -2.43. The Morgan fingerprint density at radius 3 is 3.00 bits per heavy atom. The van der Waals surface area contributed by atoms with E-state index >= 15 is 0 Å². The van der Waals surface area contributed by atoms with Crippen molar-refractivity contribution in [3.8, 4) is 5.75 Å². The van der Waals surface area contributed by atoms with Crippen LogP contribution in [0.3, 0.4) is 0 Å². The summed E-state index contributed by atoms with van der Waals surface area (Å²) >= 11 is 0. The van der Waals surface area contributed by atoms with Crippen LogP contribution >= 0.6 is 0 Å². The average Bonchev–Trinajstić information content (AvgIpc) is 3.13. The highest BCUT2D eigenvalue weighted by Gasteiger charge is 2.63. The zero-order chi connectivity index (χ0) is 12.0. The minimum Gasteiger partial charge on any atom is -0.497 e. The Balaban J connectivity index is 1.95. The Kier molecular flexibility index (Phi) is 2.16. The Bertz CT molecular complexity index is 486. The highest BCUT2D eigenvalue weighted by atomic mass is 16.5. The van der Waals surface area contributed by atoms with Crippen molar-refractivity contribution in [3.63, 3.8) is 0 Å². The minimum absolute atomic E-state index is 0.149. The van der Waals surface area contributed by atoms with E-state index in [9.17, 15) is 4.79 Å². The van der Waals surface area contributed by atoms with Crippen LogP contribution in [0.2, 0.25) is 0 Å². The Morgan fingerprint density at radius 1 is 1.47 bits per heavy atom. The fraction of sp³-hybridized carbons (Fsp3) is 0.462. The zero-order valence-corrected chi connectivity index (χ0v) is 9.95. The highest BCUT2D eigenvalue weighted by Crippen LogP contribution is 2.55. The Hall–Kier alpha value is -1.55. The van der Waals surface area contributed by atoms with Crippen LogP contribution in [-0.4, -0.2) is 25.7 Å². The molecule has 0 saturated heterocycles. The van der Waals surface area contributed by atoms with Gasteiger partial charge in [0.2, 0.25) is 0 Å². The number of fused-ring (bicyclic) bond motifs is 3. The van der Waals surface area contributed by atoms with Crippen LogP contribution in [0.15, 0.2) is 18.2 Å². The number of methoxy groups -OCH3 is 2. The number of benzene rings is 1. The normalized spacial score (nSPS) is 28.9. The molecular weight excluding hydrogens is 218 g/mol. The maximum absolute atomic E-state index is 11.8. The number of rotatable bonds is 2. The summed E-state index contributed by atoms with van der Waals surface area (Å²) in [6.45, 7) is 0.693. The van der Waals surface area contributed by atoms with E-state index in [0.29, 0.717) is 6.54 Å². The maximum atomic E-state index is 11.8. The number of hydrogen-bond acceptors (Lipinski definition) is 4. The molecule has 1 N–H and O–H groups in total. The minimum atomic E-state index is -0.462. The molecule has 3 rings (SSSR count). The standard InChI is InChI=1S/C13H15NO3/c1-16-9-3-4-10-8(5-9)7-14-13(6-11(10)13)12(15)17-2/h3-5,11,14H,6-7H2,1-2H3/t11-,13-/m0/s1. The van der Waals surface area contributed by atoms with Crippen molar-refractivity contribution in [1.29, 1.82) is 0 Å². The summed E-state index contributed by atoms with van der Waals surface area (Å²) < 4.78 is 10.1. The van der Waals surface area contributed by atoms with Gasteiger partial charge in [0, 0.05) is 12.5 Å². The molecule has 4 nitrogen and oxygen atoms in total. The number of nitrogens with one attached hydrogen (secondary N) is 1. The molecule has 1 aromatic carbocycles. The Labute approximate surface area is 99.9 Å². The summed E-state index contributed by atoms with van der Waals surface area (Å²) in [6, 6.07) is 6.04. The van der Waals surface area contributed by atoms with Crippen LogP contribution in [0.25, 0.3) is 0 Å². The molecule has 1 aromatic rings. The third-order valence-electron chi connectivity index (χ3n) is 3.83. The zero-order valence-electron chi connectivity index (χ0n) is 9.95. The van der Waals surface area contributed by atoms with Gasteiger partial charge in [-0.2, -0.15) is 0 Å². The molecule has 2 aliphatic rings. The molecule has 1 saturated carbocycles. The summed E-state index contributed by atoms with van der Waals surface area (Å²) in [5, 5.41) is 3.30. The van der Waals surface area contributed by atoms with Gasteiger partial charge in [0.15, 0.2) is 0 Å². The van der Waals surface area contributed by atoms with Gasteiger partial charge in [0.05, 0.1) is 14.2 Å². The molecule has 0 amide bonds. The topological polar surface area (TPSA) is 47.6 Å². The summed E-state index contributed by atoms with van der Waals surface area (Å²) in [5.41, 5.74) is 2.00. The molecule has 0 aromatic heterocycles. The number of ether oxygens (including phenoxy) is 2. The molecule has 2 atom stereocenters. The van der Waals surface area contributed by atoms with Gasteiger partial charge in [-0.1, -0.05) is 6.07 Å². The maximum Gasteiger partial charge on any atom is 0.326 e. The SMILES string of the molecule is COC(=O)[C@]12C[C@H]1c1ccc(OC)cc1CN2. The molecule has 17 heavy (non-hydrogen) atoms. The molecule has 90 valence electrons. The van der Waals surface area contributed by atoms with E-state index in [1.165, 1.54) is 18.2 Å². The molecule has 0 spiro atoms. The monoisotopic (exact) mass is 233 g/mol. The lowest BCUT2D eigenvalue weighted by Gasteiger charge is -2.24. The first-order chi connectivity index (χ1) is 8.21. The van der Waals surface area contributed by atoms with Crippen molar-refractivity contribution >= 4 is 5.97 Å². The van der Waals surface area contributed by atoms with Gasteiger partial charge in [-0.05, 0) is 29.7 Å². The van der Waals surface area contributed by atoms with Gasteiger partial charge in [0.1, 0.15) is 11.3 Å². The predicted octanol–water partition coefficient (Wildman–Crippen LogP) is 1.20. The molecule has 4 heteroatoms. The second kappa shape index (κ2) is 3.47. The second-order valence-electron chi connectivity index (χ2n) is 4.64. The van der Waals surface area contributed by atoms with Gasteiger partial charge < -0.3 is 9.47 Å². The van der Waals surface area contributed by atoms with Gasteiger partial charge in [-0.3, -0.25) is 10.1 Å². The van der Waals surface area contributed by atoms with Crippen LogP contribution in [0.1, 0.15) is 23.5 Å². The van der Waals surface area contributed by atoms with E-state index < -0.39 is 5.54 Å². The lowest BCUT2D eigenvalue weighted by molar-refractivity contribution is -0.144. The summed E-state index contributed by atoms with van der Waals surface area (Å²) in [7, 11) is 3.10.